The van der Waals surface area contributed by atoms with Crippen molar-refractivity contribution >= 4 is 46.5 Å². The van der Waals surface area contributed by atoms with E-state index in [9.17, 15) is 19.5 Å². The number of halogens is 2. The fraction of sp³-hybridized carbons (Fsp3) is 0.304. The summed E-state index contributed by atoms with van der Waals surface area (Å²) in [6.07, 6.45) is 7.93. The van der Waals surface area contributed by atoms with Gasteiger partial charge in [-0.3, -0.25) is 14.6 Å². The number of pyridine rings is 1. The van der Waals surface area contributed by atoms with Gasteiger partial charge in [-0.1, -0.05) is 48.2 Å². The van der Waals surface area contributed by atoms with Crippen molar-refractivity contribution in [3.05, 3.63) is 69.6 Å². The van der Waals surface area contributed by atoms with Crippen molar-refractivity contribution in [1.29, 1.82) is 0 Å². The van der Waals surface area contributed by atoms with Crippen LogP contribution in [-0.4, -0.2) is 33.8 Å². The molecule has 3 N–H and O–H groups in total. The average Bonchev–Trinajstić information content (AvgIpc) is 3.27. The standard InChI is InChI=1S/C23H21Cl2N3O4/c24-15-11-26-12-16(25)20(15)21(30)27-14-5-3-13(4-6-14)9-17(22(31)32)28-18-10-19(29)23(18)7-1-2-8-23/h3-6,10-12,17,28H,1-2,7-9H2,(H,27,30)(H,31,32)/t17-/m0/s1. The topological polar surface area (TPSA) is 108 Å². The Hall–Kier alpha value is -2.90. The van der Waals surface area contributed by atoms with Gasteiger partial charge in [0.2, 0.25) is 0 Å². The number of amides is 1. The predicted octanol–water partition coefficient (Wildman–Crippen LogP) is 4.25. The van der Waals surface area contributed by atoms with Gasteiger partial charge in [0.1, 0.15) is 6.04 Å². The molecule has 0 saturated heterocycles. The zero-order valence-electron chi connectivity index (χ0n) is 17.0. The summed E-state index contributed by atoms with van der Waals surface area (Å²) < 4.78 is 0. The maximum Gasteiger partial charge on any atom is 0.326 e. The highest BCUT2D eigenvalue weighted by Crippen LogP contribution is 2.49. The van der Waals surface area contributed by atoms with Crippen molar-refractivity contribution in [3.63, 3.8) is 0 Å². The number of anilines is 1. The molecule has 9 heteroatoms. The second kappa shape index (κ2) is 8.92. The molecule has 0 unspecified atom stereocenters. The first kappa shape index (κ1) is 22.3. The molecule has 2 aliphatic carbocycles. The van der Waals surface area contributed by atoms with Crippen molar-refractivity contribution < 1.29 is 19.5 Å². The number of carbonyl (C=O) groups is 3. The van der Waals surface area contributed by atoms with E-state index in [1.54, 1.807) is 24.3 Å². The van der Waals surface area contributed by atoms with E-state index in [2.05, 4.69) is 15.6 Å². The highest BCUT2D eigenvalue weighted by Gasteiger charge is 2.50. The van der Waals surface area contributed by atoms with E-state index in [0.717, 1.165) is 36.9 Å². The Morgan fingerprint density at radius 2 is 1.72 bits per heavy atom. The normalized spacial score (nSPS) is 17.4. The zero-order chi connectivity index (χ0) is 22.9. The van der Waals surface area contributed by atoms with Crippen LogP contribution in [0.4, 0.5) is 5.69 Å². The number of rotatable bonds is 7. The van der Waals surface area contributed by atoms with Crippen molar-refractivity contribution in [3.8, 4) is 0 Å². The van der Waals surface area contributed by atoms with E-state index in [1.165, 1.54) is 18.5 Å². The molecular formula is C23H21Cl2N3O4. The summed E-state index contributed by atoms with van der Waals surface area (Å²) in [5.41, 5.74) is 1.65. The van der Waals surface area contributed by atoms with Crippen LogP contribution in [0, 0.1) is 5.41 Å². The van der Waals surface area contributed by atoms with Gasteiger partial charge in [0.05, 0.1) is 21.0 Å². The first-order chi connectivity index (χ1) is 15.3. The van der Waals surface area contributed by atoms with E-state index in [1.807, 2.05) is 0 Å². The monoisotopic (exact) mass is 473 g/mol. The van der Waals surface area contributed by atoms with Gasteiger partial charge in [-0.15, -0.1) is 0 Å². The molecule has 1 amide bonds. The molecule has 4 rings (SSSR count). The van der Waals surface area contributed by atoms with Gasteiger partial charge in [0.25, 0.3) is 5.91 Å². The number of aromatic nitrogens is 1. The van der Waals surface area contributed by atoms with Crippen molar-refractivity contribution in [1.82, 2.24) is 10.3 Å². The maximum absolute atomic E-state index is 12.5. The van der Waals surface area contributed by atoms with Gasteiger partial charge in [-0.05, 0) is 30.5 Å². The van der Waals surface area contributed by atoms with Crippen LogP contribution in [0.3, 0.4) is 0 Å². The van der Waals surface area contributed by atoms with Crippen molar-refractivity contribution in [2.75, 3.05) is 5.32 Å². The molecule has 2 aromatic rings. The van der Waals surface area contributed by atoms with Gasteiger partial charge in [0, 0.05) is 36.3 Å². The van der Waals surface area contributed by atoms with E-state index < -0.39 is 23.3 Å². The Bertz CT molecular complexity index is 1090. The number of nitrogens with zero attached hydrogens (tertiary/aromatic N) is 1. The smallest absolute Gasteiger partial charge is 0.326 e. The number of hydrogen-bond donors (Lipinski definition) is 3. The van der Waals surface area contributed by atoms with Crippen LogP contribution in [0.25, 0.3) is 0 Å². The van der Waals surface area contributed by atoms with Gasteiger partial charge < -0.3 is 15.7 Å². The van der Waals surface area contributed by atoms with Gasteiger partial charge in [-0.25, -0.2) is 4.79 Å². The van der Waals surface area contributed by atoms with E-state index in [0.29, 0.717) is 5.69 Å². The molecule has 1 fully saturated rings. The van der Waals surface area contributed by atoms with Gasteiger partial charge in [-0.2, -0.15) is 0 Å². The van der Waals surface area contributed by atoms with Crippen LogP contribution in [0.2, 0.25) is 10.0 Å². The summed E-state index contributed by atoms with van der Waals surface area (Å²) in [5, 5.41) is 15.8. The van der Waals surface area contributed by atoms with Crippen LogP contribution in [0.15, 0.2) is 48.4 Å². The number of allylic oxidation sites excluding steroid dienone is 2. The number of carboxylic acid groups (broad SMARTS) is 1. The van der Waals surface area contributed by atoms with E-state index >= 15 is 0 Å². The van der Waals surface area contributed by atoms with Gasteiger partial charge in [0.15, 0.2) is 5.78 Å². The number of carboxylic acids is 1. The van der Waals surface area contributed by atoms with Gasteiger partial charge >= 0.3 is 5.97 Å². The van der Waals surface area contributed by atoms with Crippen LogP contribution in [0.5, 0.6) is 0 Å². The lowest BCUT2D eigenvalue weighted by molar-refractivity contribution is -0.139. The number of nitrogens with one attached hydrogen (secondary N) is 2. The summed E-state index contributed by atoms with van der Waals surface area (Å²) in [5.74, 6) is -1.36. The molecule has 0 aliphatic heterocycles. The molecule has 1 spiro atoms. The Morgan fingerprint density at radius 3 is 2.28 bits per heavy atom. The Labute approximate surface area is 194 Å². The fourth-order valence-corrected chi connectivity index (χ4v) is 4.84. The lowest BCUT2D eigenvalue weighted by Crippen LogP contribution is -2.49. The minimum atomic E-state index is -0.988. The second-order valence-electron chi connectivity index (χ2n) is 8.08. The first-order valence-corrected chi connectivity index (χ1v) is 11.0. The SMILES string of the molecule is O=C(Nc1ccc(C[C@H](NC2=CC(=O)C23CCCC3)C(=O)O)cc1)c1c(Cl)cncc1Cl. The number of ketones is 1. The molecule has 1 heterocycles. The summed E-state index contributed by atoms with van der Waals surface area (Å²) >= 11 is 12.0. The highest BCUT2D eigenvalue weighted by molar-refractivity contribution is 6.40. The van der Waals surface area contributed by atoms with E-state index in [-0.39, 0.29) is 27.8 Å². The second-order valence-corrected chi connectivity index (χ2v) is 8.89. The van der Waals surface area contributed by atoms with E-state index in [4.69, 9.17) is 23.2 Å². The predicted molar refractivity (Wildman–Crippen MR) is 121 cm³/mol. The fourth-order valence-electron chi connectivity index (χ4n) is 4.31. The highest BCUT2D eigenvalue weighted by atomic mass is 35.5. The quantitative estimate of drug-likeness (QED) is 0.554. The van der Waals surface area contributed by atoms with Crippen LogP contribution < -0.4 is 10.6 Å². The lowest BCUT2D eigenvalue weighted by atomic mass is 9.69. The molecule has 1 aromatic heterocycles. The molecule has 1 saturated carbocycles. The van der Waals surface area contributed by atoms with Crippen LogP contribution >= 0.6 is 23.2 Å². The van der Waals surface area contributed by atoms with Crippen LogP contribution in [-0.2, 0) is 16.0 Å². The molecule has 2 aliphatic rings. The summed E-state index contributed by atoms with van der Waals surface area (Å²) in [6, 6.07) is 5.99. The number of aliphatic carboxylic acids is 1. The average molecular weight is 474 g/mol. The Morgan fingerprint density at radius 1 is 1.09 bits per heavy atom. The molecule has 166 valence electrons. The molecule has 1 aromatic carbocycles. The Kier molecular flexibility index (Phi) is 6.22. The summed E-state index contributed by atoms with van der Waals surface area (Å²) in [7, 11) is 0. The third-order valence-corrected chi connectivity index (χ3v) is 6.65. The van der Waals surface area contributed by atoms with Crippen molar-refractivity contribution in [2.45, 2.75) is 38.1 Å². The first-order valence-electron chi connectivity index (χ1n) is 10.3. The number of carbonyl (C=O) groups excluding carboxylic acids is 2. The maximum atomic E-state index is 12.5. The molecule has 0 radical (unpaired) electrons. The third-order valence-electron chi connectivity index (χ3n) is 6.08. The zero-order valence-corrected chi connectivity index (χ0v) is 18.5. The number of hydrogen-bond acceptors (Lipinski definition) is 5. The van der Waals surface area contributed by atoms with Crippen molar-refractivity contribution in [2.24, 2.45) is 5.41 Å². The molecular weight excluding hydrogens is 453 g/mol. The molecule has 1 atom stereocenters. The Balaban J connectivity index is 1.42. The minimum absolute atomic E-state index is 0.0936. The molecule has 32 heavy (non-hydrogen) atoms. The number of benzene rings is 1. The third kappa shape index (κ3) is 4.23. The largest absolute Gasteiger partial charge is 0.480 e. The minimum Gasteiger partial charge on any atom is -0.480 e. The summed E-state index contributed by atoms with van der Waals surface area (Å²) in [6.45, 7) is 0. The van der Waals surface area contributed by atoms with Crippen LogP contribution in [0.1, 0.15) is 41.6 Å². The molecule has 0 bridgehead atoms. The summed E-state index contributed by atoms with van der Waals surface area (Å²) in [4.78, 5) is 40.3. The molecule has 7 nitrogen and oxygen atoms in total. The lowest BCUT2D eigenvalue weighted by Gasteiger charge is -2.38.